The first-order valence-electron chi connectivity index (χ1n) is 6.75. The molecule has 1 amide bonds. The van der Waals surface area contributed by atoms with Crippen LogP contribution in [-0.4, -0.2) is 38.4 Å². The second-order valence-electron chi connectivity index (χ2n) is 5.19. The van der Waals surface area contributed by atoms with Crippen molar-refractivity contribution in [1.29, 1.82) is 0 Å². The highest BCUT2D eigenvalue weighted by Gasteiger charge is 2.29. The molecular formula is C14H16FNO5S. The van der Waals surface area contributed by atoms with Crippen molar-refractivity contribution in [2.45, 2.75) is 12.8 Å². The van der Waals surface area contributed by atoms with E-state index in [0.29, 0.717) is 12.1 Å². The first-order valence-corrected chi connectivity index (χ1v) is 8.58. The SMILES string of the molecule is O=C(COC(=O)C[C@@H]1CCS(=O)(=O)C1)Nc1ccc(F)cc1. The molecule has 0 radical (unpaired) electrons. The van der Waals surface area contributed by atoms with Crippen LogP contribution in [-0.2, 0) is 24.2 Å². The molecule has 0 saturated carbocycles. The second kappa shape index (κ2) is 6.87. The van der Waals surface area contributed by atoms with Crippen LogP contribution < -0.4 is 5.32 Å². The van der Waals surface area contributed by atoms with E-state index in [-0.39, 0.29) is 23.8 Å². The molecule has 1 aliphatic heterocycles. The predicted octanol–water partition coefficient (Wildman–Crippen LogP) is 1.13. The number of hydrogen-bond acceptors (Lipinski definition) is 5. The number of ether oxygens (including phenoxy) is 1. The van der Waals surface area contributed by atoms with Gasteiger partial charge in [0, 0.05) is 12.1 Å². The van der Waals surface area contributed by atoms with E-state index >= 15 is 0 Å². The van der Waals surface area contributed by atoms with Gasteiger partial charge in [-0.05, 0) is 36.6 Å². The van der Waals surface area contributed by atoms with Crippen molar-refractivity contribution < 1.29 is 27.1 Å². The van der Waals surface area contributed by atoms with E-state index < -0.39 is 34.1 Å². The Morgan fingerprint density at radius 3 is 2.55 bits per heavy atom. The van der Waals surface area contributed by atoms with E-state index in [0.717, 1.165) is 0 Å². The summed E-state index contributed by atoms with van der Waals surface area (Å²) in [4.78, 5) is 23.1. The highest BCUT2D eigenvalue weighted by Crippen LogP contribution is 2.21. The van der Waals surface area contributed by atoms with Gasteiger partial charge in [-0.3, -0.25) is 9.59 Å². The number of sulfone groups is 1. The second-order valence-corrected chi connectivity index (χ2v) is 7.42. The third kappa shape index (κ3) is 5.10. The van der Waals surface area contributed by atoms with Gasteiger partial charge in [-0.15, -0.1) is 0 Å². The molecule has 2 rings (SSSR count). The molecule has 1 aromatic carbocycles. The van der Waals surface area contributed by atoms with Crippen molar-refractivity contribution in [2.24, 2.45) is 5.92 Å². The normalized spacial score (nSPS) is 19.6. The molecule has 22 heavy (non-hydrogen) atoms. The summed E-state index contributed by atoms with van der Waals surface area (Å²) in [5.41, 5.74) is 0.393. The average molecular weight is 329 g/mol. The lowest BCUT2D eigenvalue weighted by atomic mass is 10.1. The fourth-order valence-corrected chi connectivity index (χ4v) is 4.07. The zero-order valence-corrected chi connectivity index (χ0v) is 12.6. The number of hydrogen-bond donors (Lipinski definition) is 1. The Kier molecular flexibility index (Phi) is 5.12. The van der Waals surface area contributed by atoms with Gasteiger partial charge in [0.15, 0.2) is 16.4 Å². The lowest BCUT2D eigenvalue weighted by Gasteiger charge is -2.08. The van der Waals surface area contributed by atoms with Crippen LogP contribution in [0.15, 0.2) is 24.3 Å². The highest BCUT2D eigenvalue weighted by atomic mass is 32.2. The third-order valence-electron chi connectivity index (χ3n) is 3.27. The average Bonchev–Trinajstić information content (AvgIpc) is 2.78. The van der Waals surface area contributed by atoms with Crippen LogP contribution in [0.25, 0.3) is 0 Å². The molecule has 1 atom stereocenters. The minimum absolute atomic E-state index is 0.0100. The molecule has 0 bridgehead atoms. The Balaban J connectivity index is 1.72. The Labute approximate surface area is 127 Å². The molecule has 120 valence electrons. The molecule has 8 heteroatoms. The van der Waals surface area contributed by atoms with Crippen molar-refractivity contribution in [1.82, 2.24) is 0 Å². The van der Waals surface area contributed by atoms with Gasteiger partial charge in [0.05, 0.1) is 11.5 Å². The van der Waals surface area contributed by atoms with E-state index in [1.165, 1.54) is 24.3 Å². The number of carbonyl (C=O) groups excluding carboxylic acids is 2. The third-order valence-corrected chi connectivity index (χ3v) is 5.11. The summed E-state index contributed by atoms with van der Waals surface area (Å²) < 4.78 is 40.1. The number of nitrogens with one attached hydrogen (secondary N) is 1. The van der Waals surface area contributed by atoms with E-state index in [2.05, 4.69) is 5.32 Å². The molecule has 1 heterocycles. The summed E-state index contributed by atoms with van der Waals surface area (Å²) in [7, 11) is -3.03. The summed E-state index contributed by atoms with van der Waals surface area (Å²) in [6, 6.07) is 5.17. The number of esters is 1. The fraction of sp³-hybridized carbons (Fsp3) is 0.429. The highest BCUT2D eigenvalue weighted by molar-refractivity contribution is 7.91. The number of halogens is 1. The van der Waals surface area contributed by atoms with Crippen molar-refractivity contribution >= 4 is 27.4 Å². The van der Waals surface area contributed by atoms with Crippen LogP contribution in [0.5, 0.6) is 0 Å². The maximum atomic E-state index is 12.7. The molecule has 0 spiro atoms. The van der Waals surface area contributed by atoms with Gasteiger partial charge in [0.25, 0.3) is 5.91 Å². The lowest BCUT2D eigenvalue weighted by Crippen LogP contribution is -2.22. The van der Waals surface area contributed by atoms with Crippen molar-refractivity contribution in [2.75, 3.05) is 23.4 Å². The van der Waals surface area contributed by atoms with Gasteiger partial charge < -0.3 is 10.1 Å². The topological polar surface area (TPSA) is 89.5 Å². The van der Waals surface area contributed by atoms with Crippen molar-refractivity contribution in [3.05, 3.63) is 30.1 Å². The first kappa shape index (κ1) is 16.4. The zero-order valence-electron chi connectivity index (χ0n) is 11.7. The molecule has 0 aromatic heterocycles. The summed E-state index contributed by atoms with van der Waals surface area (Å²) in [6.45, 7) is -0.463. The monoisotopic (exact) mass is 329 g/mol. The fourth-order valence-electron chi connectivity index (χ4n) is 2.20. The Morgan fingerprint density at radius 2 is 1.95 bits per heavy atom. The minimum atomic E-state index is -3.03. The summed E-state index contributed by atoms with van der Waals surface area (Å²) in [6.07, 6.45) is 0.433. The van der Waals surface area contributed by atoms with Crippen LogP contribution in [0.1, 0.15) is 12.8 Å². The smallest absolute Gasteiger partial charge is 0.306 e. The van der Waals surface area contributed by atoms with E-state index in [4.69, 9.17) is 4.74 Å². The van der Waals surface area contributed by atoms with Gasteiger partial charge in [-0.1, -0.05) is 0 Å². The predicted molar refractivity (Wildman–Crippen MR) is 77.4 cm³/mol. The molecule has 0 aliphatic carbocycles. The largest absolute Gasteiger partial charge is 0.456 e. The zero-order chi connectivity index (χ0) is 16.2. The molecule has 1 aromatic rings. The maximum absolute atomic E-state index is 12.7. The van der Waals surface area contributed by atoms with Crippen LogP contribution >= 0.6 is 0 Å². The minimum Gasteiger partial charge on any atom is -0.456 e. The van der Waals surface area contributed by atoms with Gasteiger partial charge in [0.1, 0.15) is 5.82 Å². The quantitative estimate of drug-likeness (QED) is 0.818. The standard InChI is InChI=1S/C14H16FNO5S/c15-11-1-3-12(4-2-11)16-13(17)8-21-14(18)7-10-5-6-22(19,20)9-10/h1-4,10H,5-9H2,(H,16,17)/t10-/m0/s1. The molecular weight excluding hydrogens is 313 g/mol. The summed E-state index contributed by atoms with van der Waals surface area (Å²) in [5, 5.41) is 2.45. The molecule has 1 N–H and O–H groups in total. The first-order chi connectivity index (χ1) is 10.3. The number of anilines is 1. The Hall–Kier alpha value is -1.96. The van der Waals surface area contributed by atoms with E-state index in [9.17, 15) is 22.4 Å². The number of rotatable bonds is 5. The maximum Gasteiger partial charge on any atom is 0.306 e. The number of amides is 1. The Bertz CT molecular complexity index is 656. The van der Waals surface area contributed by atoms with Gasteiger partial charge >= 0.3 is 5.97 Å². The molecule has 1 aliphatic rings. The number of carbonyl (C=O) groups is 2. The Morgan fingerprint density at radius 1 is 1.27 bits per heavy atom. The van der Waals surface area contributed by atoms with Crippen LogP contribution in [0.2, 0.25) is 0 Å². The van der Waals surface area contributed by atoms with E-state index in [1.807, 2.05) is 0 Å². The van der Waals surface area contributed by atoms with E-state index in [1.54, 1.807) is 0 Å². The van der Waals surface area contributed by atoms with Crippen LogP contribution in [0.3, 0.4) is 0 Å². The van der Waals surface area contributed by atoms with Gasteiger partial charge in [-0.2, -0.15) is 0 Å². The number of benzene rings is 1. The molecule has 1 fully saturated rings. The molecule has 1 saturated heterocycles. The van der Waals surface area contributed by atoms with Gasteiger partial charge in [-0.25, -0.2) is 12.8 Å². The van der Waals surface area contributed by atoms with Crippen molar-refractivity contribution in [3.8, 4) is 0 Å². The molecule has 6 nitrogen and oxygen atoms in total. The van der Waals surface area contributed by atoms with Gasteiger partial charge in [0.2, 0.25) is 0 Å². The van der Waals surface area contributed by atoms with Crippen molar-refractivity contribution in [3.63, 3.8) is 0 Å². The molecule has 0 unspecified atom stereocenters. The summed E-state index contributed by atoms with van der Waals surface area (Å²) in [5.74, 6) is -1.72. The summed E-state index contributed by atoms with van der Waals surface area (Å²) >= 11 is 0. The lowest BCUT2D eigenvalue weighted by molar-refractivity contribution is -0.148. The van der Waals surface area contributed by atoms with Crippen LogP contribution in [0, 0.1) is 11.7 Å². The van der Waals surface area contributed by atoms with Crippen LogP contribution in [0.4, 0.5) is 10.1 Å².